The smallest absolute Gasteiger partial charge is 0.337 e. The average Bonchev–Trinajstić information content (AvgIpc) is 3.27. The summed E-state index contributed by atoms with van der Waals surface area (Å²) >= 11 is 0. The molecule has 0 aliphatic carbocycles. The van der Waals surface area contributed by atoms with Crippen LogP contribution in [0.5, 0.6) is 0 Å². The van der Waals surface area contributed by atoms with Crippen molar-refractivity contribution in [3.05, 3.63) is 0 Å². The highest BCUT2D eigenvalue weighted by Gasteiger charge is 2.35. The zero-order valence-electron chi connectivity index (χ0n) is 13.8. The Labute approximate surface area is 126 Å². The van der Waals surface area contributed by atoms with Gasteiger partial charge in [0.05, 0.1) is 12.7 Å². The van der Waals surface area contributed by atoms with Gasteiger partial charge in [0.15, 0.2) is 0 Å². The summed E-state index contributed by atoms with van der Waals surface area (Å²) in [6, 6.07) is 2.24. The molecule has 1 rings (SSSR count). The van der Waals surface area contributed by atoms with E-state index in [0.29, 0.717) is 6.10 Å². The first-order valence-corrected chi connectivity index (χ1v) is 10.9. The third-order valence-corrected chi connectivity index (χ3v) is 7.65. The number of unbranched alkanes of at least 4 members (excludes halogenated alkanes) is 3. The van der Waals surface area contributed by atoms with Crippen molar-refractivity contribution in [1.82, 2.24) is 0 Å². The molecule has 1 aliphatic heterocycles. The van der Waals surface area contributed by atoms with Gasteiger partial charge in [-0.15, -0.1) is 0 Å². The van der Waals surface area contributed by atoms with Crippen LogP contribution in [0, 0.1) is 0 Å². The molecule has 0 aromatic carbocycles. The van der Waals surface area contributed by atoms with E-state index in [9.17, 15) is 0 Å². The van der Waals surface area contributed by atoms with Gasteiger partial charge in [0.2, 0.25) is 0 Å². The highest BCUT2D eigenvalue weighted by molar-refractivity contribution is 6.67. The van der Waals surface area contributed by atoms with E-state index in [-0.39, 0.29) is 0 Å². The Hall–Kier alpha value is 0.0969. The lowest BCUT2D eigenvalue weighted by Gasteiger charge is -2.30. The van der Waals surface area contributed by atoms with Gasteiger partial charge < -0.3 is 13.6 Å². The molecule has 0 N–H and O–H groups in total. The molecule has 0 spiro atoms. The van der Waals surface area contributed by atoms with Crippen molar-refractivity contribution in [2.45, 2.75) is 83.9 Å². The lowest BCUT2D eigenvalue weighted by Crippen LogP contribution is -2.42. The maximum Gasteiger partial charge on any atom is 0.337 e. The molecule has 20 heavy (non-hydrogen) atoms. The molecule has 1 saturated heterocycles. The zero-order chi connectivity index (χ0) is 14.7. The van der Waals surface area contributed by atoms with E-state index >= 15 is 0 Å². The molecule has 0 aromatic rings. The van der Waals surface area contributed by atoms with Gasteiger partial charge in [0.25, 0.3) is 0 Å². The Morgan fingerprint density at radius 3 is 2.00 bits per heavy atom. The molecule has 1 aliphatic rings. The first kappa shape index (κ1) is 18.1. The fraction of sp³-hybridized carbons (Fsp3) is 1.00. The Kier molecular flexibility index (Phi) is 9.77. The largest absolute Gasteiger partial charge is 0.394 e. The summed E-state index contributed by atoms with van der Waals surface area (Å²) < 4.78 is 17.8. The molecule has 1 heterocycles. The fourth-order valence-corrected chi connectivity index (χ4v) is 5.33. The summed E-state index contributed by atoms with van der Waals surface area (Å²) in [6.45, 7) is 9.42. The summed E-state index contributed by atoms with van der Waals surface area (Å²) in [5, 5.41) is 0. The maximum absolute atomic E-state index is 6.27. The van der Waals surface area contributed by atoms with Crippen LogP contribution in [0.4, 0.5) is 0 Å². The third-order valence-electron chi connectivity index (χ3n) is 4.00. The molecule has 1 unspecified atom stereocenters. The first-order chi connectivity index (χ1) is 9.76. The second-order valence-electron chi connectivity index (χ2n) is 5.87. The van der Waals surface area contributed by atoms with Gasteiger partial charge in [-0.3, -0.25) is 0 Å². The number of rotatable bonds is 14. The van der Waals surface area contributed by atoms with Crippen molar-refractivity contribution in [3.63, 3.8) is 0 Å². The third kappa shape index (κ3) is 7.77. The van der Waals surface area contributed by atoms with Crippen LogP contribution in [0.2, 0.25) is 12.1 Å². The zero-order valence-corrected chi connectivity index (χ0v) is 14.8. The molecule has 0 aromatic heterocycles. The quantitative estimate of drug-likeness (QED) is 0.266. The predicted molar refractivity (Wildman–Crippen MR) is 86.4 cm³/mol. The van der Waals surface area contributed by atoms with E-state index in [1.165, 1.54) is 32.1 Å². The average molecular weight is 303 g/mol. The van der Waals surface area contributed by atoms with Gasteiger partial charge in [-0.1, -0.05) is 46.5 Å². The van der Waals surface area contributed by atoms with Crippen LogP contribution in [0.3, 0.4) is 0 Å². The Bertz CT molecular complexity index is 222. The Morgan fingerprint density at radius 2 is 1.55 bits per heavy atom. The van der Waals surface area contributed by atoms with E-state index in [1.807, 2.05) is 0 Å². The fourth-order valence-electron chi connectivity index (χ4n) is 2.37. The van der Waals surface area contributed by atoms with Crippen molar-refractivity contribution in [1.29, 1.82) is 0 Å². The van der Waals surface area contributed by atoms with Gasteiger partial charge in [0.1, 0.15) is 0 Å². The van der Waals surface area contributed by atoms with Crippen LogP contribution >= 0.6 is 0 Å². The molecule has 1 atom stereocenters. The molecular weight excluding hydrogens is 268 g/mol. The lowest BCUT2D eigenvalue weighted by atomic mass is 10.2. The van der Waals surface area contributed by atoms with E-state index in [1.54, 1.807) is 0 Å². The van der Waals surface area contributed by atoms with Crippen molar-refractivity contribution in [2.24, 2.45) is 0 Å². The van der Waals surface area contributed by atoms with Gasteiger partial charge in [-0.25, -0.2) is 0 Å². The second kappa shape index (κ2) is 10.8. The van der Waals surface area contributed by atoms with E-state index < -0.39 is 8.56 Å². The minimum absolute atomic E-state index is 0.565. The molecule has 0 saturated carbocycles. The molecule has 0 amide bonds. The topological polar surface area (TPSA) is 31.0 Å². The highest BCUT2D eigenvalue weighted by Crippen LogP contribution is 2.25. The van der Waals surface area contributed by atoms with Gasteiger partial charge in [-0.05, 0) is 31.4 Å². The molecule has 4 heteroatoms. The molecule has 0 radical (unpaired) electrons. The van der Waals surface area contributed by atoms with Crippen LogP contribution in [0.25, 0.3) is 0 Å². The standard InChI is InChI=1S/C16H34O3Si/c1-4-7-12-18-20(6-3,19-13-8-5-2)14-10-9-11-16-15-17-16/h16H,4-15H2,1-3H3. The van der Waals surface area contributed by atoms with Crippen LogP contribution in [-0.2, 0) is 13.6 Å². The number of hydrogen-bond donors (Lipinski definition) is 0. The first-order valence-electron chi connectivity index (χ1n) is 8.65. The summed E-state index contributed by atoms with van der Waals surface area (Å²) in [6.07, 6.45) is 8.98. The van der Waals surface area contributed by atoms with Crippen LogP contribution in [-0.4, -0.2) is 34.5 Å². The monoisotopic (exact) mass is 302 g/mol. The molecule has 1 fully saturated rings. The molecule has 0 bridgehead atoms. The summed E-state index contributed by atoms with van der Waals surface area (Å²) in [5.74, 6) is 0. The van der Waals surface area contributed by atoms with Gasteiger partial charge in [0, 0.05) is 13.2 Å². The number of hydrogen-bond acceptors (Lipinski definition) is 3. The Balaban J connectivity index is 2.31. The number of epoxide rings is 1. The van der Waals surface area contributed by atoms with E-state index in [2.05, 4.69) is 20.8 Å². The van der Waals surface area contributed by atoms with E-state index in [4.69, 9.17) is 13.6 Å². The predicted octanol–water partition coefficient (Wildman–Crippen LogP) is 4.65. The summed E-state index contributed by atoms with van der Waals surface area (Å²) in [4.78, 5) is 0. The Morgan fingerprint density at radius 1 is 0.950 bits per heavy atom. The van der Waals surface area contributed by atoms with Crippen LogP contribution in [0.15, 0.2) is 0 Å². The highest BCUT2D eigenvalue weighted by atomic mass is 28.4. The lowest BCUT2D eigenvalue weighted by molar-refractivity contribution is 0.162. The second-order valence-corrected chi connectivity index (χ2v) is 9.48. The van der Waals surface area contributed by atoms with E-state index in [0.717, 1.165) is 44.8 Å². The van der Waals surface area contributed by atoms with Gasteiger partial charge in [-0.2, -0.15) is 0 Å². The van der Waals surface area contributed by atoms with Crippen molar-refractivity contribution in [3.8, 4) is 0 Å². The van der Waals surface area contributed by atoms with Crippen molar-refractivity contribution in [2.75, 3.05) is 19.8 Å². The van der Waals surface area contributed by atoms with Crippen molar-refractivity contribution >= 4 is 8.56 Å². The SMILES string of the molecule is CCCCO[Si](CC)(CCCCC1CO1)OCCCC. The van der Waals surface area contributed by atoms with Gasteiger partial charge >= 0.3 is 8.56 Å². The van der Waals surface area contributed by atoms with Crippen molar-refractivity contribution < 1.29 is 13.6 Å². The minimum atomic E-state index is -1.94. The summed E-state index contributed by atoms with van der Waals surface area (Å²) in [5.41, 5.74) is 0. The minimum Gasteiger partial charge on any atom is -0.394 e. The molecular formula is C16H34O3Si. The normalized spacial score (nSPS) is 18.4. The van der Waals surface area contributed by atoms with Crippen LogP contribution in [0.1, 0.15) is 65.7 Å². The summed E-state index contributed by atoms with van der Waals surface area (Å²) in [7, 11) is -1.94. The molecule has 120 valence electrons. The van der Waals surface area contributed by atoms with Crippen LogP contribution < -0.4 is 0 Å². The number of ether oxygens (including phenoxy) is 1. The molecule has 3 nitrogen and oxygen atoms in total. The maximum atomic E-state index is 6.27.